The van der Waals surface area contributed by atoms with Gasteiger partial charge < -0.3 is 5.73 Å². The highest BCUT2D eigenvalue weighted by Crippen LogP contribution is 2.24. The van der Waals surface area contributed by atoms with Gasteiger partial charge >= 0.3 is 0 Å². The molecule has 0 aromatic rings. The topological polar surface area (TPSA) is 38.4 Å². The van der Waals surface area contributed by atoms with Gasteiger partial charge in [0.05, 0.1) is 0 Å². The van der Waals surface area contributed by atoms with Crippen molar-refractivity contribution in [2.75, 3.05) is 0 Å². The van der Waals surface area contributed by atoms with E-state index >= 15 is 0 Å². The van der Waals surface area contributed by atoms with E-state index in [1.54, 1.807) is 0 Å². The Morgan fingerprint density at radius 3 is 3.00 bits per heavy atom. The lowest BCUT2D eigenvalue weighted by molar-refractivity contribution is 0.643. The Hall–Kier alpha value is -0.790. The molecule has 0 bridgehead atoms. The van der Waals surface area contributed by atoms with Crippen LogP contribution >= 0.6 is 0 Å². The predicted octanol–water partition coefficient (Wildman–Crippen LogP) is 2.07. The van der Waals surface area contributed by atoms with Crippen molar-refractivity contribution in [3.63, 3.8) is 0 Å². The molecule has 1 atom stereocenters. The van der Waals surface area contributed by atoms with Crippen LogP contribution in [0.4, 0.5) is 0 Å². The first-order valence-electron chi connectivity index (χ1n) is 4.26. The van der Waals surface area contributed by atoms with Gasteiger partial charge in [-0.2, -0.15) is 0 Å². The summed E-state index contributed by atoms with van der Waals surface area (Å²) >= 11 is 0. The fraction of sp³-hybridized carbons (Fsp3) is 0.667. The highest BCUT2D eigenvalue weighted by molar-refractivity contribution is 5.62. The Labute approximate surface area is 68.2 Å². The fourth-order valence-corrected chi connectivity index (χ4v) is 1.43. The lowest BCUT2D eigenvalue weighted by atomic mass is 9.93. The summed E-state index contributed by atoms with van der Waals surface area (Å²) in [6.07, 6.45) is 5.23. The van der Waals surface area contributed by atoms with E-state index in [2.05, 4.69) is 18.8 Å². The number of hydrogen-bond acceptors (Lipinski definition) is 2. The van der Waals surface area contributed by atoms with Crippen LogP contribution < -0.4 is 5.73 Å². The van der Waals surface area contributed by atoms with Crippen LogP contribution in [0.15, 0.2) is 16.4 Å². The fourth-order valence-electron chi connectivity index (χ4n) is 1.43. The van der Waals surface area contributed by atoms with Crippen LogP contribution in [0.2, 0.25) is 0 Å². The van der Waals surface area contributed by atoms with E-state index in [1.165, 1.54) is 5.57 Å². The summed E-state index contributed by atoms with van der Waals surface area (Å²) in [4.78, 5) is 4.11. The van der Waals surface area contributed by atoms with E-state index in [9.17, 15) is 0 Å². The number of hydrogen-bond donors (Lipinski definition) is 1. The minimum atomic E-state index is 0.604. The molecule has 1 rings (SSSR count). The number of nitrogens with two attached hydrogens (primary N) is 1. The zero-order valence-corrected chi connectivity index (χ0v) is 7.30. The molecule has 11 heavy (non-hydrogen) atoms. The molecule has 1 aliphatic rings. The first-order valence-corrected chi connectivity index (χ1v) is 4.26. The first kappa shape index (κ1) is 8.31. The lowest BCUT2D eigenvalue weighted by Gasteiger charge is -2.18. The van der Waals surface area contributed by atoms with E-state index in [0.717, 1.165) is 25.1 Å². The molecule has 1 heterocycles. The van der Waals surface area contributed by atoms with Crippen LogP contribution in [0.3, 0.4) is 0 Å². The molecule has 0 saturated carbocycles. The van der Waals surface area contributed by atoms with Crippen molar-refractivity contribution in [2.24, 2.45) is 16.6 Å². The normalized spacial score (nSPS) is 24.4. The van der Waals surface area contributed by atoms with Crippen LogP contribution in [0.5, 0.6) is 0 Å². The van der Waals surface area contributed by atoms with Crippen LogP contribution in [-0.2, 0) is 0 Å². The molecule has 62 valence electrons. The van der Waals surface area contributed by atoms with Crippen LogP contribution in [-0.4, -0.2) is 6.21 Å². The Morgan fingerprint density at radius 1 is 1.73 bits per heavy atom. The molecule has 0 aromatic heterocycles. The number of aliphatic imine (C=N–C) groups is 1. The van der Waals surface area contributed by atoms with Gasteiger partial charge in [0.2, 0.25) is 0 Å². The van der Waals surface area contributed by atoms with Gasteiger partial charge in [-0.15, -0.1) is 0 Å². The molecule has 0 fully saturated rings. The maximum atomic E-state index is 5.74. The summed E-state index contributed by atoms with van der Waals surface area (Å²) in [5.41, 5.74) is 7.08. The van der Waals surface area contributed by atoms with Gasteiger partial charge in [-0.3, -0.25) is 0 Å². The van der Waals surface area contributed by atoms with Gasteiger partial charge in [0, 0.05) is 6.21 Å². The van der Waals surface area contributed by atoms with Gasteiger partial charge in [-0.25, -0.2) is 4.99 Å². The summed E-state index contributed by atoms with van der Waals surface area (Å²) < 4.78 is 0. The van der Waals surface area contributed by atoms with E-state index in [0.29, 0.717) is 5.92 Å². The highest BCUT2D eigenvalue weighted by Gasteiger charge is 2.13. The second-order valence-electron chi connectivity index (χ2n) is 3.11. The molecule has 0 spiro atoms. The largest absolute Gasteiger partial charge is 0.384 e. The van der Waals surface area contributed by atoms with Gasteiger partial charge in [-0.05, 0) is 24.3 Å². The lowest BCUT2D eigenvalue weighted by Crippen LogP contribution is -2.12. The SMILES string of the molecule is CCCC1=C(N)N=CC[C@H]1C. The average Bonchev–Trinajstić information content (AvgIpc) is 1.97. The Morgan fingerprint density at radius 2 is 2.45 bits per heavy atom. The summed E-state index contributed by atoms with van der Waals surface area (Å²) in [5, 5.41) is 0. The monoisotopic (exact) mass is 152 g/mol. The molecular weight excluding hydrogens is 136 g/mol. The summed E-state index contributed by atoms with van der Waals surface area (Å²) in [7, 11) is 0. The third kappa shape index (κ3) is 1.82. The summed E-state index contributed by atoms with van der Waals surface area (Å²) in [6.45, 7) is 4.38. The van der Waals surface area contributed by atoms with E-state index < -0.39 is 0 Å². The standard InChI is InChI=1S/C9H16N2/c1-3-4-8-7(2)5-6-11-9(8)10/h6-7H,3-5,10H2,1-2H3/t7-/m1/s1. The van der Waals surface area contributed by atoms with Crippen molar-refractivity contribution in [2.45, 2.75) is 33.1 Å². The molecule has 2 N–H and O–H groups in total. The second-order valence-corrected chi connectivity index (χ2v) is 3.11. The molecular formula is C9H16N2. The third-order valence-electron chi connectivity index (χ3n) is 2.13. The molecule has 0 amide bonds. The Kier molecular flexibility index (Phi) is 2.69. The molecule has 0 aliphatic carbocycles. The summed E-state index contributed by atoms with van der Waals surface area (Å²) in [6, 6.07) is 0. The van der Waals surface area contributed by atoms with Gasteiger partial charge in [-0.1, -0.05) is 20.3 Å². The zero-order valence-electron chi connectivity index (χ0n) is 7.30. The third-order valence-corrected chi connectivity index (χ3v) is 2.13. The molecule has 0 unspecified atom stereocenters. The van der Waals surface area contributed by atoms with Crippen LogP contribution in [0, 0.1) is 5.92 Å². The van der Waals surface area contributed by atoms with Crippen molar-refractivity contribution in [3.05, 3.63) is 11.4 Å². The van der Waals surface area contributed by atoms with Gasteiger partial charge in [0.25, 0.3) is 0 Å². The summed E-state index contributed by atoms with van der Waals surface area (Å²) in [5.74, 6) is 1.36. The zero-order chi connectivity index (χ0) is 8.27. The number of allylic oxidation sites excluding steroid dienone is 1. The van der Waals surface area contributed by atoms with E-state index in [-0.39, 0.29) is 0 Å². The average molecular weight is 152 g/mol. The smallest absolute Gasteiger partial charge is 0.122 e. The highest BCUT2D eigenvalue weighted by atomic mass is 14.9. The van der Waals surface area contributed by atoms with Crippen molar-refractivity contribution < 1.29 is 0 Å². The number of nitrogens with zero attached hydrogens (tertiary/aromatic N) is 1. The van der Waals surface area contributed by atoms with Crippen molar-refractivity contribution in [3.8, 4) is 0 Å². The predicted molar refractivity (Wildman–Crippen MR) is 48.4 cm³/mol. The minimum Gasteiger partial charge on any atom is -0.384 e. The van der Waals surface area contributed by atoms with Gasteiger partial charge in [0.1, 0.15) is 5.82 Å². The molecule has 0 radical (unpaired) electrons. The minimum absolute atomic E-state index is 0.604. The molecule has 1 aliphatic heterocycles. The van der Waals surface area contributed by atoms with Gasteiger partial charge in [0.15, 0.2) is 0 Å². The molecule has 0 saturated heterocycles. The van der Waals surface area contributed by atoms with Crippen LogP contribution in [0.1, 0.15) is 33.1 Å². The Bertz CT molecular complexity index is 192. The molecule has 2 heteroatoms. The first-order chi connectivity index (χ1) is 5.25. The van der Waals surface area contributed by atoms with Crippen LogP contribution in [0.25, 0.3) is 0 Å². The maximum Gasteiger partial charge on any atom is 0.122 e. The van der Waals surface area contributed by atoms with E-state index in [4.69, 9.17) is 5.73 Å². The van der Waals surface area contributed by atoms with Crippen molar-refractivity contribution in [1.29, 1.82) is 0 Å². The quantitative estimate of drug-likeness (QED) is 0.646. The second kappa shape index (κ2) is 3.56. The van der Waals surface area contributed by atoms with Crippen molar-refractivity contribution >= 4 is 6.21 Å². The van der Waals surface area contributed by atoms with E-state index in [1.807, 2.05) is 6.21 Å². The molecule has 0 aromatic carbocycles. The molecule has 2 nitrogen and oxygen atoms in total. The number of rotatable bonds is 2. The van der Waals surface area contributed by atoms with Crippen molar-refractivity contribution in [1.82, 2.24) is 0 Å². The Balaban J connectivity index is 2.74. The maximum absolute atomic E-state index is 5.74.